The Hall–Kier alpha value is -2.60. The highest BCUT2D eigenvalue weighted by atomic mass is 16.5. The quantitative estimate of drug-likeness (QED) is 0.760. The first-order chi connectivity index (χ1) is 12.1. The summed E-state index contributed by atoms with van der Waals surface area (Å²) in [5.74, 6) is 1.23. The monoisotopic (exact) mass is 343 g/mol. The second-order valence-electron chi connectivity index (χ2n) is 5.77. The van der Waals surface area contributed by atoms with Gasteiger partial charge in [-0.05, 0) is 43.5 Å². The molecular weight excluding hydrogens is 318 g/mol. The third-order valence-corrected chi connectivity index (χ3v) is 3.66. The van der Waals surface area contributed by atoms with E-state index in [4.69, 9.17) is 9.47 Å². The summed E-state index contributed by atoms with van der Waals surface area (Å²) in [6.07, 6.45) is 3.27. The standard InChI is InChI=1S/C19H25N3O3/c1-4-15-6-5-7-17(12-15)25-18-9-8-16(13-20-18)22-19(23)21-14(2)10-11-24-3/h5-9,12-14H,4,10-11H2,1-3H3,(H2,21,22,23). The van der Waals surface area contributed by atoms with E-state index in [1.807, 2.05) is 25.1 Å². The molecule has 0 saturated carbocycles. The lowest BCUT2D eigenvalue weighted by Crippen LogP contribution is -2.36. The van der Waals surface area contributed by atoms with Crippen molar-refractivity contribution >= 4 is 11.7 Å². The van der Waals surface area contributed by atoms with Crippen molar-refractivity contribution in [1.82, 2.24) is 10.3 Å². The van der Waals surface area contributed by atoms with Crippen molar-refractivity contribution in [1.29, 1.82) is 0 Å². The van der Waals surface area contributed by atoms with E-state index in [-0.39, 0.29) is 12.1 Å². The number of aryl methyl sites for hydroxylation is 1. The number of pyridine rings is 1. The molecule has 2 N–H and O–H groups in total. The summed E-state index contributed by atoms with van der Waals surface area (Å²) in [7, 11) is 1.64. The molecule has 0 bridgehead atoms. The summed E-state index contributed by atoms with van der Waals surface area (Å²) < 4.78 is 10.7. The highest BCUT2D eigenvalue weighted by molar-refractivity contribution is 5.89. The molecule has 1 aromatic heterocycles. The highest BCUT2D eigenvalue weighted by Crippen LogP contribution is 2.21. The third-order valence-electron chi connectivity index (χ3n) is 3.66. The maximum atomic E-state index is 11.9. The van der Waals surface area contributed by atoms with Crippen LogP contribution in [-0.2, 0) is 11.2 Å². The van der Waals surface area contributed by atoms with Crippen LogP contribution in [0.5, 0.6) is 11.6 Å². The third kappa shape index (κ3) is 6.43. The Morgan fingerprint density at radius 3 is 2.80 bits per heavy atom. The predicted molar refractivity (Wildman–Crippen MR) is 98.2 cm³/mol. The number of methoxy groups -OCH3 is 1. The van der Waals surface area contributed by atoms with Crippen molar-refractivity contribution < 1.29 is 14.3 Å². The normalized spacial score (nSPS) is 11.6. The van der Waals surface area contributed by atoms with Crippen LogP contribution in [0.2, 0.25) is 0 Å². The minimum atomic E-state index is -0.269. The first-order valence-corrected chi connectivity index (χ1v) is 8.40. The van der Waals surface area contributed by atoms with Crippen LogP contribution in [0.25, 0.3) is 0 Å². The number of aromatic nitrogens is 1. The maximum Gasteiger partial charge on any atom is 0.319 e. The molecule has 2 aromatic rings. The van der Waals surface area contributed by atoms with Crippen molar-refractivity contribution in [2.75, 3.05) is 19.0 Å². The number of carbonyl (C=O) groups excluding carboxylic acids is 1. The van der Waals surface area contributed by atoms with Crippen LogP contribution in [0.4, 0.5) is 10.5 Å². The van der Waals surface area contributed by atoms with E-state index in [1.54, 1.807) is 25.4 Å². The van der Waals surface area contributed by atoms with Gasteiger partial charge in [-0.2, -0.15) is 0 Å². The molecule has 25 heavy (non-hydrogen) atoms. The minimum absolute atomic E-state index is 0.0290. The van der Waals surface area contributed by atoms with Gasteiger partial charge in [-0.15, -0.1) is 0 Å². The van der Waals surface area contributed by atoms with E-state index in [0.29, 0.717) is 18.2 Å². The summed E-state index contributed by atoms with van der Waals surface area (Å²) in [5, 5.41) is 5.59. The summed E-state index contributed by atoms with van der Waals surface area (Å²) in [6.45, 7) is 4.63. The number of benzene rings is 1. The molecule has 1 atom stereocenters. The number of carbonyl (C=O) groups is 1. The van der Waals surface area contributed by atoms with Crippen LogP contribution >= 0.6 is 0 Å². The number of nitrogens with one attached hydrogen (secondary N) is 2. The molecule has 0 fully saturated rings. The Balaban J connectivity index is 1.87. The second-order valence-corrected chi connectivity index (χ2v) is 5.77. The zero-order valence-electron chi connectivity index (χ0n) is 14.9. The molecule has 1 unspecified atom stereocenters. The Labute approximate surface area is 148 Å². The summed E-state index contributed by atoms with van der Waals surface area (Å²) >= 11 is 0. The smallest absolute Gasteiger partial charge is 0.319 e. The molecule has 134 valence electrons. The first kappa shape index (κ1) is 18.7. The summed E-state index contributed by atoms with van der Waals surface area (Å²) in [6, 6.07) is 11.1. The van der Waals surface area contributed by atoms with Crippen LogP contribution < -0.4 is 15.4 Å². The fourth-order valence-electron chi connectivity index (χ4n) is 2.22. The van der Waals surface area contributed by atoms with Crippen LogP contribution in [0.1, 0.15) is 25.8 Å². The number of nitrogens with zero attached hydrogens (tertiary/aromatic N) is 1. The first-order valence-electron chi connectivity index (χ1n) is 8.40. The van der Waals surface area contributed by atoms with Crippen LogP contribution in [0.3, 0.4) is 0 Å². The average Bonchev–Trinajstić information content (AvgIpc) is 2.61. The van der Waals surface area contributed by atoms with Gasteiger partial charge in [0, 0.05) is 25.8 Å². The molecule has 6 nitrogen and oxygen atoms in total. The summed E-state index contributed by atoms with van der Waals surface area (Å²) in [4.78, 5) is 16.1. The van der Waals surface area contributed by atoms with Crippen molar-refractivity contribution in [3.63, 3.8) is 0 Å². The molecule has 0 saturated heterocycles. The molecule has 0 radical (unpaired) electrons. The molecule has 6 heteroatoms. The van der Waals surface area contributed by atoms with Crippen molar-refractivity contribution in [2.45, 2.75) is 32.7 Å². The zero-order chi connectivity index (χ0) is 18.1. The van der Waals surface area contributed by atoms with Crippen LogP contribution in [0.15, 0.2) is 42.6 Å². The van der Waals surface area contributed by atoms with Gasteiger partial charge >= 0.3 is 6.03 Å². The van der Waals surface area contributed by atoms with E-state index in [9.17, 15) is 4.79 Å². The number of amides is 2. The topological polar surface area (TPSA) is 72.5 Å². The number of rotatable bonds is 8. The molecule has 2 rings (SSSR count). The Bertz CT molecular complexity index is 674. The van der Waals surface area contributed by atoms with Gasteiger partial charge < -0.3 is 20.1 Å². The number of urea groups is 1. The molecule has 0 aliphatic heterocycles. The molecule has 0 spiro atoms. The Morgan fingerprint density at radius 1 is 1.28 bits per heavy atom. The van der Waals surface area contributed by atoms with E-state index in [0.717, 1.165) is 18.6 Å². The van der Waals surface area contributed by atoms with Gasteiger partial charge in [-0.1, -0.05) is 19.1 Å². The van der Waals surface area contributed by atoms with Crippen molar-refractivity contribution in [2.24, 2.45) is 0 Å². The number of ether oxygens (including phenoxy) is 2. The molecule has 0 aliphatic carbocycles. The highest BCUT2D eigenvalue weighted by Gasteiger charge is 2.08. The van der Waals surface area contributed by atoms with E-state index >= 15 is 0 Å². The number of hydrogen-bond donors (Lipinski definition) is 2. The van der Waals surface area contributed by atoms with Gasteiger partial charge in [0.05, 0.1) is 11.9 Å². The number of anilines is 1. The van der Waals surface area contributed by atoms with Crippen molar-refractivity contribution in [3.05, 3.63) is 48.2 Å². The minimum Gasteiger partial charge on any atom is -0.439 e. The average molecular weight is 343 g/mol. The molecular formula is C19H25N3O3. The van der Waals surface area contributed by atoms with E-state index in [1.165, 1.54) is 5.56 Å². The zero-order valence-corrected chi connectivity index (χ0v) is 14.9. The number of hydrogen-bond acceptors (Lipinski definition) is 4. The van der Waals surface area contributed by atoms with Gasteiger partial charge in [0.25, 0.3) is 0 Å². The summed E-state index contributed by atoms with van der Waals surface area (Å²) in [5.41, 5.74) is 1.81. The molecule has 1 heterocycles. The fourth-order valence-corrected chi connectivity index (χ4v) is 2.22. The van der Waals surface area contributed by atoms with Gasteiger partial charge in [-0.25, -0.2) is 9.78 Å². The van der Waals surface area contributed by atoms with E-state index in [2.05, 4.69) is 28.6 Å². The van der Waals surface area contributed by atoms with Crippen molar-refractivity contribution in [3.8, 4) is 11.6 Å². The largest absolute Gasteiger partial charge is 0.439 e. The molecule has 0 aliphatic rings. The lowest BCUT2D eigenvalue weighted by Gasteiger charge is -2.14. The van der Waals surface area contributed by atoms with Crippen LogP contribution in [-0.4, -0.2) is 30.8 Å². The van der Waals surface area contributed by atoms with Crippen LogP contribution in [0, 0.1) is 0 Å². The maximum absolute atomic E-state index is 11.9. The Kier molecular flexibility index (Phi) is 7.22. The lowest BCUT2D eigenvalue weighted by molar-refractivity contribution is 0.185. The SMILES string of the molecule is CCc1cccc(Oc2ccc(NC(=O)NC(C)CCOC)cn2)c1. The molecule has 2 amide bonds. The van der Waals surface area contributed by atoms with Gasteiger partial charge in [0.2, 0.25) is 5.88 Å². The van der Waals surface area contributed by atoms with Gasteiger partial charge in [0.1, 0.15) is 5.75 Å². The lowest BCUT2D eigenvalue weighted by atomic mass is 10.2. The second kappa shape index (κ2) is 9.64. The van der Waals surface area contributed by atoms with E-state index < -0.39 is 0 Å². The fraction of sp³-hybridized carbons (Fsp3) is 0.368. The predicted octanol–water partition coefficient (Wildman–Crippen LogP) is 3.98. The molecule has 1 aromatic carbocycles. The van der Waals surface area contributed by atoms with Gasteiger partial charge in [0.15, 0.2) is 0 Å². The van der Waals surface area contributed by atoms with Gasteiger partial charge in [-0.3, -0.25) is 0 Å². The Morgan fingerprint density at radius 2 is 2.12 bits per heavy atom.